The Morgan fingerprint density at radius 3 is 2.16 bits per heavy atom. The molecule has 0 heterocycles. The molecule has 7 nitrogen and oxygen atoms in total. The highest BCUT2D eigenvalue weighted by molar-refractivity contribution is 7.92. The van der Waals surface area contributed by atoms with Gasteiger partial charge in [0.15, 0.2) is 0 Å². The minimum atomic E-state index is -4.24. The Morgan fingerprint density at radius 2 is 1.48 bits per heavy atom. The Labute approximate surface area is 180 Å². The van der Waals surface area contributed by atoms with Gasteiger partial charge in [-0.3, -0.25) is 4.72 Å². The average molecular weight is 439 g/mol. The predicted molar refractivity (Wildman–Crippen MR) is 116 cm³/mol. The zero-order chi connectivity index (χ0) is 22.4. The van der Waals surface area contributed by atoms with Gasteiger partial charge in [-0.05, 0) is 41.8 Å². The molecule has 0 aromatic heterocycles. The Balaban J connectivity index is 2.03. The number of hydrogen-bond acceptors (Lipinski definition) is 6. The largest absolute Gasteiger partial charge is 0.465 e. The molecule has 160 valence electrons. The summed E-state index contributed by atoms with van der Waals surface area (Å²) in [6.45, 7) is 0. The molecule has 3 aromatic carbocycles. The van der Waals surface area contributed by atoms with Gasteiger partial charge in [-0.1, -0.05) is 48.5 Å². The van der Waals surface area contributed by atoms with E-state index in [0.29, 0.717) is 12.1 Å². The summed E-state index contributed by atoms with van der Waals surface area (Å²) in [5.74, 6) is -1.56. The summed E-state index contributed by atoms with van der Waals surface area (Å²) in [4.78, 5) is 23.7. The summed E-state index contributed by atoms with van der Waals surface area (Å²) in [5, 5.41) is 0. The maximum atomic E-state index is 13.2. The van der Waals surface area contributed by atoms with Crippen molar-refractivity contribution in [1.29, 1.82) is 0 Å². The molecule has 0 aliphatic rings. The fraction of sp³-hybridized carbons (Fsp3) is 0.130. The molecule has 0 aliphatic heterocycles. The van der Waals surface area contributed by atoms with Crippen molar-refractivity contribution in [2.75, 3.05) is 18.9 Å². The summed E-state index contributed by atoms with van der Waals surface area (Å²) < 4.78 is 38.4. The van der Waals surface area contributed by atoms with Crippen LogP contribution in [-0.4, -0.2) is 34.6 Å². The number of ether oxygens (including phenoxy) is 2. The van der Waals surface area contributed by atoms with E-state index in [1.165, 1.54) is 19.2 Å². The van der Waals surface area contributed by atoms with Gasteiger partial charge in [0, 0.05) is 0 Å². The van der Waals surface area contributed by atoms with E-state index in [1.807, 2.05) is 42.5 Å². The van der Waals surface area contributed by atoms with Crippen LogP contribution in [0, 0.1) is 0 Å². The minimum absolute atomic E-state index is 0.00639. The molecule has 1 N–H and O–H groups in total. The monoisotopic (exact) mass is 439 g/mol. The van der Waals surface area contributed by atoms with Gasteiger partial charge in [-0.25, -0.2) is 18.0 Å². The number of nitrogens with one attached hydrogen (secondary N) is 1. The van der Waals surface area contributed by atoms with Crippen molar-refractivity contribution in [2.45, 2.75) is 11.3 Å². The molecule has 8 heteroatoms. The van der Waals surface area contributed by atoms with Crippen LogP contribution in [0.1, 0.15) is 31.8 Å². The molecule has 0 fully saturated rings. The highest BCUT2D eigenvalue weighted by atomic mass is 32.2. The average Bonchev–Trinajstić information content (AvgIpc) is 2.79. The van der Waals surface area contributed by atoms with E-state index in [1.54, 1.807) is 12.1 Å². The number of esters is 2. The van der Waals surface area contributed by atoms with Gasteiger partial charge in [-0.2, -0.15) is 0 Å². The summed E-state index contributed by atoms with van der Waals surface area (Å²) in [6, 6.07) is 20.2. The first-order valence-corrected chi connectivity index (χ1v) is 10.8. The maximum absolute atomic E-state index is 13.2. The quantitative estimate of drug-likeness (QED) is 0.564. The summed E-state index contributed by atoms with van der Waals surface area (Å²) in [7, 11) is -1.91. The first-order chi connectivity index (χ1) is 14.9. The van der Waals surface area contributed by atoms with Crippen LogP contribution < -0.4 is 4.72 Å². The van der Waals surface area contributed by atoms with Crippen LogP contribution in [0.15, 0.2) is 77.7 Å². The van der Waals surface area contributed by atoms with E-state index in [4.69, 9.17) is 4.74 Å². The lowest BCUT2D eigenvalue weighted by Crippen LogP contribution is -2.19. The van der Waals surface area contributed by atoms with Crippen molar-refractivity contribution in [2.24, 2.45) is 0 Å². The zero-order valence-electron chi connectivity index (χ0n) is 17.0. The second-order valence-corrected chi connectivity index (χ2v) is 8.27. The number of carbonyl (C=O) groups excluding carboxylic acids is 2. The van der Waals surface area contributed by atoms with Gasteiger partial charge >= 0.3 is 11.9 Å². The summed E-state index contributed by atoms with van der Waals surface area (Å²) in [6.07, 6.45) is 0.506. The first kappa shape index (κ1) is 22.0. The molecule has 31 heavy (non-hydrogen) atoms. The van der Waals surface area contributed by atoms with Crippen molar-refractivity contribution < 1.29 is 27.5 Å². The van der Waals surface area contributed by atoms with Gasteiger partial charge in [0.05, 0.1) is 31.0 Å². The van der Waals surface area contributed by atoms with E-state index in [9.17, 15) is 18.0 Å². The van der Waals surface area contributed by atoms with Crippen molar-refractivity contribution in [1.82, 2.24) is 0 Å². The first-order valence-electron chi connectivity index (χ1n) is 9.31. The van der Waals surface area contributed by atoms with Gasteiger partial charge in [0.1, 0.15) is 4.90 Å². The fourth-order valence-electron chi connectivity index (χ4n) is 3.06. The minimum Gasteiger partial charge on any atom is -0.465 e. The molecule has 0 amide bonds. The molecule has 3 aromatic rings. The van der Waals surface area contributed by atoms with Gasteiger partial charge in [-0.15, -0.1) is 0 Å². The van der Waals surface area contributed by atoms with Crippen molar-refractivity contribution in [3.63, 3.8) is 0 Å². The van der Waals surface area contributed by atoms with E-state index >= 15 is 0 Å². The number of rotatable bonds is 7. The molecular formula is C23H21NO6S. The summed E-state index contributed by atoms with van der Waals surface area (Å²) in [5.41, 5.74) is 1.93. The molecule has 0 aliphatic carbocycles. The van der Waals surface area contributed by atoms with Crippen molar-refractivity contribution in [3.05, 3.63) is 95.1 Å². The SMILES string of the molecule is COC(=O)c1ccc(C(=O)OC)c(S(=O)(=O)Nc2ccccc2Cc2ccccc2)c1. The smallest absolute Gasteiger partial charge is 0.339 e. The topological polar surface area (TPSA) is 98.8 Å². The molecule has 0 radical (unpaired) electrons. The molecule has 0 atom stereocenters. The van der Waals surface area contributed by atoms with Gasteiger partial charge in [0.2, 0.25) is 0 Å². The van der Waals surface area contributed by atoms with Crippen LogP contribution in [0.4, 0.5) is 5.69 Å². The second-order valence-electron chi connectivity index (χ2n) is 6.62. The van der Waals surface area contributed by atoms with Crippen molar-refractivity contribution >= 4 is 27.6 Å². The lowest BCUT2D eigenvalue weighted by atomic mass is 10.0. The lowest BCUT2D eigenvalue weighted by molar-refractivity contribution is 0.0583. The van der Waals surface area contributed by atoms with Crippen molar-refractivity contribution in [3.8, 4) is 0 Å². The molecule has 0 saturated heterocycles. The van der Waals surface area contributed by atoms with Crippen LogP contribution in [0.2, 0.25) is 0 Å². The van der Waals surface area contributed by atoms with Gasteiger partial charge < -0.3 is 9.47 Å². The Kier molecular flexibility index (Phi) is 6.71. The highest BCUT2D eigenvalue weighted by Gasteiger charge is 2.26. The normalized spacial score (nSPS) is 10.9. The number of para-hydroxylation sites is 1. The molecule has 0 bridgehead atoms. The number of hydrogen-bond donors (Lipinski definition) is 1. The van der Waals surface area contributed by atoms with E-state index < -0.39 is 22.0 Å². The number of methoxy groups -OCH3 is 2. The molecule has 0 spiro atoms. The van der Waals surface area contributed by atoms with Crippen LogP contribution in [0.5, 0.6) is 0 Å². The van der Waals surface area contributed by atoms with Crippen LogP contribution in [-0.2, 0) is 25.9 Å². The zero-order valence-corrected chi connectivity index (χ0v) is 17.8. The number of carbonyl (C=O) groups is 2. The van der Waals surface area contributed by atoms with E-state index in [-0.39, 0.29) is 16.0 Å². The van der Waals surface area contributed by atoms with Gasteiger partial charge in [0.25, 0.3) is 10.0 Å². The van der Waals surface area contributed by atoms with Crippen LogP contribution in [0.25, 0.3) is 0 Å². The number of sulfonamides is 1. The Morgan fingerprint density at radius 1 is 0.839 bits per heavy atom. The van der Waals surface area contributed by atoms with E-state index in [0.717, 1.165) is 24.3 Å². The third kappa shape index (κ3) is 5.10. The van der Waals surface area contributed by atoms with E-state index in [2.05, 4.69) is 9.46 Å². The standard InChI is InChI=1S/C23H21NO6S/c1-29-22(25)18-12-13-19(23(26)30-2)21(15-18)31(27,28)24-20-11-7-6-10-17(20)14-16-8-4-3-5-9-16/h3-13,15,24H,14H2,1-2H3. The Bertz CT molecular complexity index is 1210. The highest BCUT2D eigenvalue weighted by Crippen LogP contribution is 2.26. The fourth-order valence-corrected chi connectivity index (χ4v) is 4.38. The van der Waals surface area contributed by atoms with Crippen LogP contribution >= 0.6 is 0 Å². The third-order valence-electron chi connectivity index (χ3n) is 4.60. The molecule has 0 unspecified atom stereocenters. The lowest BCUT2D eigenvalue weighted by Gasteiger charge is -2.15. The maximum Gasteiger partial charge on any atom is 0.339 e. The number of anilines is 1. The molecule has 3 rings (SSSR count). The predicted octanol–water partition coefficient (Wildman–Crippen LogP) is 3.65. The summed E-state index contributed by atoms with van der Waals surface area (Å²) >= 11 is 0. The number of benzene rings is 3. The Hall–Kier alpha value is -3.65. The second kappa shape index (κ2) is 9.44. The third-order valence-corrected chi connectivity index (χ3v) is 6.00. The van der Waals surface area contributed by atoms with Crippen LogP contribution in [0.3, 0.4) is 0 Å². The molecule has 0 saturated carbocycles. The molecular weight excluding hydrogens is 418 g/mol.